The first-order valence-corrected chi connectivity index (χ1v) is 5.39. The predicted molar refractivity (Wildman–Crippen MR) is 61.9 cm³/mol. The molecule has 90 valence electrons. The van der Waals surface area contributed by atoms with E-state index in [1.807, 2.05) is 18.7 Å². The Kier molecular flexibility index (Phi) is 2.79. The smallest absolute Gasteiger partial charge is 0.245 e. The second-order valence-corrected chi connectivity index (χ2v) is 4.40. The summed E-state index contributed by atoms with van der Waals surface area (Å²) in [5, 5.41) is 2.80. The molecule has 2 heterocycles. The molecule has 2 rings (SSSR count). The van der Waals surface area contributed by atoms with Crippen LogP contribution in [0.3, 0.4) is 0 Å². The van der Waals surface area contributed by atoms with Crippen LogP contribution in [-0.4, -0.2) is 40.8 Å². The first kappa shape index (κ1) is 11.5. The van der Waals surface area contributed by atoms with Crippen molar-refractivity contribution in [1.82, 2.24) is 15.3 Å². The SMILES string of the molecule is CC1(C)C(=O)NCCN1c1ncc(C=O)cn1. The molecule has 1 aromatic rings. The summed E-state index contributed by atoms with van der Waals surface area (Å²) in [7, 11) is 0. The van der Waals surface area contributed by atoms with Gasteiger partial charge in [0.1, 0.15) is 5.54 Å². The number of aromatic nitrogens is 2. The fourth-order valence-corrected chi connectivity index (χ4v) is 1.78. The average Bonchev–Trinajstić information content (AvgIpc) is 2.33. The molecule has 1 aliphatic heterocycles. The van der Waals surface area contributed by atoms with Gasteiger partial charge in [0, 0.05) is 25.5 Å². The largest absolute Gasteiger partial charge is 0.352 e. The van der Waals surface area contributed by atoms with Crippen molar-refractivity contribution in [2.75, 3.05) is 18.0 Å². The van der Waals surface area contributed by atoms with E-state index in [-0.39, 0.29) is 5.91 Å². The molecule has 1 saturated heterocycles. The summed E-state index contributed by atoms with van der Waals surface area (Å²) in [5.41, 5.74) is -0.256. The molecule has 1 N–H and O–H groups in total. The Morgan fingerprint density at radius 3 is 2.65 bits per heavy atom. The Balaban J connectivity index is 2.31. The summed E-state index contributed by atoms with van der Waals surface area (Å²) in [6.07, 6.45) is 3.60. The summed E-state index contributed by atoms with van der Waals surface area (Å²) in [5.74, 6) is 0.419. The monoisotopic (exact) mass is 234 g/mol. The van der Waals surface area contributed by atoms with Crippen LogP contribution in [0.4, 0.5) is 5.95 Å². The fourth-order valence-electron chi connectivity index (χ4n) is 1.78. The Bertz CT molecular complexity index is 441. The van der Waals surface area contributed by atoms with Gasteiger partial charge in [-0.1, -0.05) is 0 Å². The lowest BCUT2D eigenvalue weighted by Gasteiger charge is -2.41. The zero-order valence-electron chi connectivity index (χ0n) is 9.80. The molecule has 0 unspecified atom stereocenters. The van der Waals surface area contributed by atoms with Gasteiger partial charge in [-0.05, 0) is 13.8 Å². The minimum atomic E-state index is -0.680. The molecule has 0 spiro atoms. The summed E-state index contributed by atoms with van der Waals surface area (Å²) in [6, 6.07) is 0. The van der Waals surface area contributed by atoms with Crippen molar-refractivity contribution >= 4 is 18.1 Å². The van der Waals surface area contributed by atoms with E-state index >= 15 is 0 Å². The van der Waals surface area contributed by atoms with Gasteiger partial charge in [0.2, 0.25) is 11.9 Å². The van der Waals surface area contributed by atoms with E-state index in [4.69, 9.17) is 0 Å². The van der Waals surface area contributed by atoms with Gasteiger partial charge in [0.15, 0.2) is 6.29 Å². The minimum Gasteiger partial charge on any atom is -0.352 e. The number of carbonyl (C=O) groups excluding carboxylic acids is 2. The second-order valence-electron chi connectivity index (χ2n) is 4.40. The molecule has 1 fully saturated rings. The van der Waals surface area contributed by atoms with Crippen molar-refractivity contribution in [2.45, 2.75) is 19.4 Å². The zero-order valence-corrected chi connectivity index (χ0v) is 9.80. The van der Waals surface area contributed by atoms with Crippen LogP contribution in [0.2, 0.25) is 0 Å². The van der Waals surface area contributed by atoms with Gasteiger partial charge in [-0.15, -0.1) is 0 Å². The van der Waals surface area contributed by atoms with Crippen LogP contribution in [0.1, 0.15) is 24.2 Å². The summed E-state index contributed by atoms with van der Waals surface area (Å²) in [4.78, 5) is 32.3. The van der Waals surface area contributed by atoms with E-state index < -0.39 is 5.54 Å². The quantitative estimate of drug-likeness (QED) is 0.729. The Morgan fingerprint density at radius 1 is 1.41 bits per heavy atom. The molecule has 1 aliphatic rings. The number of anilines is 1. The molecule has 6 heteroatoms. The normalized spacial score (nSPS) is 18.7. The maximum Gasteiger partial charge on any atom is 0.245 e. The number of nitrogens with one attached hydrogen (secondary N) is 1. The van der Waals surface area contributed by atoms with E-state index in [1.165, 1.54) is 12.4 Å². The number of nitrogens with zero attached hydrogens (tertiary/aromatic N) is 3. The maximum absolute atomic E-state index is 11.8. The number of piperazine rings is 1. The number of aldehydes is 1. The third-order valence-electron chi connectivity index (χ3n) is 2.89. The second kappa shape index (κ2) is 4.12. The van der Waals surface area contributed by atoms with Crippen LogP contribution in [0.25, 0.3) is 0 Å². The van der Waals surface area contributed by atoms with Crippen molar-refractivity contribution in [1.29, 1.82) is 0 Å². The van der Waals surface area contributed by atoms with Gasteiger partial charge >= 0.3 is 0 Å². The van der Waals surface area contributed by atoms with Crippen LogP contribution < -0.4 is 10.2 Å². The first-order valence-electron chi connectivity index (χ1n) is 5.39. The molecule has 0 saturated carbocycles. The average molecular weight is 234 g/mol. The number of hydrogen-bond acceptors (Lipinski definition) is 5. The van der Waals surface area contributed by atoms with Crippen molar-refractivity contribution in [3.05, 3.63) is 18.0 Å². The lowest BCUT2D eigenvalue weighted by atomic mass is 9.99. The third-order valence-corrected chi connectivity index (χ3v) is 2.89. The van der Waals surface area contributed by atoms with E-state index in [0.29, 0.717) is 30.9 Å². The number of rotatable bonds is 2. The van der Waals surface area contributed by atoms with Gasteiger partial charge in [-0.3, -0.25) is 9.59 Å². The Morgan fingerprint density at radius 2 is 2.06 bits per heavy atom. The lowest BCUT2D eigenvalue weighted by molar-refractivity contribution is -0.126. The molecule has 1 amide bonds. The predicted octanol–water partition coefficient (Wildman–Crippen LogP) is 0.00390. The topological polar surface area (TPSA) is 75.2 Å². The van der Waals surface area contributed by atoms with Gasteiger partial charge in [-0.2, -0.15) is 0 Å². The van der Waals surface area contributed by atoms with Gasteiger partial charge in [-0.25, -0.2) is 9.97 Å². The molecule has 0 radical (unpaired) electrons. The van der Waals surface area contributed by atoms with Crippen molar-refractivity contribution in [3.8, 4) is 0 Å². The van der Waals surface area contributed by atoms with Crippen molar-refractivity contribution in [2.24, 2.45) is 0 Å². The molecule has 0 bridgehead atoms. The summed E-state index contributed by atoms with van der Waals surface area (Å²) >= 11 is 0. The highest BCUT2D eigenvalue weighted by atomic mass is 16.2. The molecular formula is C11H14N4O2. The molecule has 17 heavy (non-hydrogen) atoms. The third kappa shape index (κ3) is 1.98. The zero-order chi connectivity index (χ0) is 12.5. The van der Waals surface area contributed by atoms with E-state index in [2.05, 4.69) is 15.3 Å². The number of hydrogen-bond donors (Lipinski definition) is 1. The highest BCUT2D eigenvalue weighted by Crippen LogP contribution is 2.22. The molecule has 0 aromatic carbocycles. The maximum atomic E-state index is 11.8. The van der Waals surface area contributed by atoms with Gasteiger partial charge in [0.05, 0.1) is 5.56 Å². The standard InChI is InChI=1S/C11H14N4O2/c1-11(2)9(17)12-3-4-15(11)10-13-5-8(7-16)6-14-10/h5-7H,3-4H2,1-2H3,(H,12,17). The van der Waals surface area contributed by atoms with Crippen molar-refractivity contribution in [3.63, 3.8) is 0 Å². The highest BCUT2D eigenvalue weighted by Gasteiger charge is 2.38. The lowest BCUT2D eigenvalue weighted by Crippen LogP contribution is -2.62. The minimum absolute atomic E-state index is 0.0492. The van der Waals surface area contributed by atoms with Crippen LogP contribution in [0, 0.1) is 0 Å². The highest BCUT2D eigenvalue weighted by molar-refractivity contribution is 5.89. The van der Waals surface area contributed by atoms with Crippen LogP contribution in [0.5, 0.6) is 0 Å². The van der Waals surface area contributed by atoms with Gasteiger partial charge in [0.25, 0.3) is 0 Å². The van der Waals surface area contributed by atoms with Crippen LogP contribution in [0.15, 0.2) is 12.4 Å². The van der Waals surface area contributed by atoms with Gasteiger partial charge < -0.3 is 10.2 Å². The molecular weight excluding hydrogens is 220 g/mol. The molecule has 6 nitrogen and oxygen atoms in total. The van der Waals surface area contributed by atoms with Crippen molar-refractivity contribution < 1.29 is 9.59 Å². The summed E-state index contributed by atoms with van der Waals surface area (Å²) < 4.78 is 0. The molecule has 1 aromatic heterocycles. The van der Waals surface area contributed by atoms with E-state index in [0.717, 1.165) is 0 Å². The number of amides is 1. The van der Waals surface area contributed by atoms with Crippen LogP contribution >= 0.6 is 0 Å². The Hall–Kier alpha value is -1.98. The Labute approximate surface area is 99.1 Å². The first-order chi connectivity index (χ1) is 8.05. The molecule has 0 aliphatic carbocycles. The van der Waals surface area contributed by atoms with Crippen LogP contribution in [-0.2, 0) is 4.79 Å². The summed E-state index contributed by atoms with van der Waals surface area (Å²) in [6.45, 7) is 4.86. The fraction of sp³-hybridized carbons (Fsp3) is 0.455. The molecule has 0 atom stereocenters. The van der Waals surface area contributed by atoms with E-state index in [9.17, 15) is 9.59 Å². The van der Waals surface area contributed by atoms with E-state index in [1.54, 1.807) is 0 Å². The number of carbonyl (C=O) groups is 2.